The number of halogens is 2. The monoisotopic (exact) mass is 422 g/mol. The number of rotatable bonds is 7. The number of aromatic nitrogens is 2. The number of hydrogen-bond donors (Lipinski definition) is 2. The topological polar surface area (TPSA) is 76.0 Å². The van der Waals surface area contributed by atoms with Crippen LogP contribution in [0.5, 0.6) is 0 Å². The molecule has 0 spiro atoms. The highest BCUT2D eigenvalue weighted by Gasteiger charge is 2.11. The highest BCUT2D eigenvalue weighted by atomic mass is 35.5. The van der Waals surface area contributed by atoms with E-state index in [0.717, 1.165) is 5.56 Å². The SMILES string of the molecule is O=C(CCNC(=O)c1cccs1)Nc1ccnn1Cc1cccc(Cl)c1Cl. The minimum atomic E-state index is -0.222. The Hall–Kier alpha value is -2.35. The average Bonchev–Trinajstić information content (AvgIpc) is 3.31. The third-order valence-corrected chi connectivity index (χ3v) is 5.44. The lowest BCUT2D eigenvalue weighted by Crippen LogP contribution is -2.27. The number of nitrogens with zero attached hydrogens (tertiary/aromatic N) is 2. The molecule has 140 valence electrons. The van der Waals surface area contributed by atoms with Gasteiger partial charge >= 0.3 is 0 Å². The molecule has 3 aromatic rings. The predicted molar refractivity (Wildman–Crippen MR) is 108 cm³/mol. The first-order valence-electron chi connectivity index (χ1n) is 8.11. The molecule has 0 aliphatic rings. The molecule has 0 saturated carbocycles. The lowest BCUT2D eigenvalue weighted by Gasteiger charge is -2.11. The van der Waals surface area contributed by atoms with Gasteiger partial charge in [-0.25, -0.2) is 4.68 Å². The van der Waals surface area contributed by atoms with Gasteiger partial charge < -0.3 is 10.6 Å². The van der Waals surface area contributed by atoms with Crippen molar-refractivity contribution in [2.45, 2.75) is 13.0 Å². The predicted octanol–water partition coefficient (Wildman–Crippen LogP) is 4.06. The van der Waals surface area contributed by atoms with E-state index in [4.69, 9.17) is 23.2 Å². The van der Waals surface area contributed by atoms with Crippen LogP contribution < -0.4 is 10.6 Å². The average molecular weight is 423 g/mol. The van der Waals surface area contributed by atoms with Crippen LogP contribution in [0.3, 0.4) is 0 Å². The van der Waals surface area contributed by atoms with Crippen LogP contribution in [0.1, 0.15) is 21.7 Å². The molecule has 3 rings (SSSR count). The van der Waals surface area contributed by atoms with Gasteiger partial charge in [0.1, 0.15) is 5.82 Å². The molecule has 1 aromatic carbocycles. The van der Waals surface area contributed by atoms with Gasteiger partial charge in [0.2, 0.25) is 5.91 Å². The molecule has 0 unspecified atom stereocenters. The molecule has 6 nitrogen and oxygen atoms in total. The highest BCUT2D eigenvalue weighted by molar-refractivity contribution is 7.12. The van der Waals surface area contributed by atoms with Crippen molar-refractivity contribution in [2.75, 3.05) is 11.9 Å². The van der Waals surface area contributed by atoms with E-state index in [1.807, 2.05) is 17.5 Å². The van der Waals surface area contributed by atoms with Gasteiger partial charge in [-0.3, -0.25) is 9.59 Å². The summed E-state index contributed by atoms with van der Waals surface area (Å²) in [5.41, 5.74) is 0.798. The van der Waals surface area contributed by atoms with Gasteiger partial charge in [0.15, 0.2) is 0 Å². The van der Waals surface area contributed by atoms with Crippen LogP contribution in [0.2, 0.25) is 10.0 Å². The van der Waals surface area contributed by atoms with Crippen LogP contribution in [0.4, 0.5) is 5.82 Å². The van der Waals surface area contributed by atoms with Crippen molar-refractivity contribution in [2.24, 2.45) is 0 Å². The summed E-state index contributed by atoms with van der Waals surface area (Å²) in [6.07, 6.45) is 1.74. The summed E-state index contributed by atoms with van der Waals surface area (Å²) < 4.78 is 1.62. The molecule has 0 aliphatic carbocycles. The maximum Gasteiger partial charge on any atom is 0.261 e. The highest BCUT2D eigenvalue weighted by Crippen LogP contribution is 2.26. The van der Waals surface area contributed by atoms with Gasteiger partial charge in [-0.15, -0.1) is 11.3 Å². The second-order valence-electron chi connectivity index (χ2n) is 5.62. The molecule has 9 heteroatoms. The van der Waals surface area contributed by atoms with E-state index >= 15 is 0 Å². The van der Waals surface area contributed by atoms with Gasteiger partial charge in [-0.2, -0.15) is 5.10 Å². The van der Waals surface area contributed by atoms with Crippen molar-refractivity contribution in [3.8, 4) is 0 Å². The third-order valence-electron chi connectivity index (χ3n) is 3.72. The fraction of sp³-hybridized carbons (Fsp3) is 0.167. The Labute approximate surface area is 170 Å². The van der Waals surface area contributed by atoms with Crippen LogP contribution in [0.25, 0.3) is 0 Å². The molecule has 2 N–H and O–H groups in total. The summed E-state index contributed by atoms with van der Waals surface area (Å²) in [7, 11) is 0. The molecule has 2 amide bonds. The zero-order chi connectivity index (χ0) is 19.2. The number of amides is 2. The number of thiophene rings is 1. The summed E-state index contributed by atoms with van der Waals surface area (Å²) in [4.78, 5) is 24.6. The maximum absolute atomic E-state index is 12.2. The van der Waals surface area contributed by atoms with Crippen LogP contribution in [-0.2, 0) is 11.3 Å². The van der Waals surface area contributed by atoms with E-state index in [2.05, 4.69) is 15.7 Å². The molecule has 27 heavy (non-hydrogen) atoms. The van der Waals surface area contributed by atoms with Gasteiger partial charge in [-0.05, 0) is 23.1 Å². The van der Waals surface area contributed by atoms with Gasteiger partial charge in [-0.1, -0.05) is 41.4 Å². The van der Waals surface area contributed by atoms with E-state index in [0.29, 0.717) is 27.3 Å². The van der Waals surface area contributed by atoms with Crippen LogP contribution in [0, 0.1) is 0 Å². The van der Waals surface area contributed by atoms with E-state index in [1.54, 1.807) is 35.1 Å². The molecule has 2 heterocycles. The van der Waals surface area contributed by atoms with Crippen LogP contribution in [-0.4, -0.2) is 28.1 Å². The minimum Gasteiger partial charge on any atom is -0.351 e. The maximum atomic E-state index is 12.2. The lowest BCUT2D eigenvalue weighted by atomic mass is 10.2. The van der Waals surface area contributed by atoms with Crippen LogP contribution >= 0.6 is 34.5 Å². The van der Waals surface area contributed by atoms with Gasteiger partial charge in [0.05, 0.1) is 27.7 Å². The first-order valence-corrected chi connectivity index (χ1v) is 9.74. The largest absolute Gasteiger partial charge is 0.351 e. The Morgan fingerprint density at radius 3 is 2.78 bits per heavy atom. The van der Waals surface area contributed by atoms with Crippen LogP contribution in [0.15, 0.2) is 48.0 Å². The quantitative estimate of drug-likeness (QED) is 0.602. The molecule has 0 fully saturated rings. The van der Waals surface area contributed by atoms with Gasteiger partial charge in [0, 0.05) is 19.0 Å². The van der Waals surface area contributed by atoms with E-state index in [9.17, 15) is 9.59 Å². The molecular formula is C18H16Cl2N4O2S. The number of benzene rings is 1. The third kappa shape index (κ3) is 5.09. The Balaban J connectivity index is 1.54. The number of carbonyl (C=O) groups is 2. The Bertz CT molecular complexity index is 941. The van der Waals surface area contributed by atoms with Crippen molar-refractivity contribution < 1.29 is 9.59 Å². The standard InChI is InChI=1S/C18H16Cl2N4O2S/c19-13-4-1-3-12(17(13)20)11-24-15(6-9-22-24)23-16(25)7-8-21-18(26)14-5-2-10-27-14/h1-6,9-10H,7-8,11H2,(H,21,26)(H,23,25). The summed E-state index contributed by atoms with van der Waals surface area (Å²) in [6, 6.07) is 10.6. The summed E-state index contributed by atoms with van der Waals surface area (Å²) in [5.74, 6) is 0.138. The van der Waals surface area contributed by atoms with E-state index in [1.165, 1.54) is 11.3 Å². The first-order chi connectivity index (χ1) is 13.0. The second kappa shape index (κ2) is 9.03. The van der Waals surface area contributed by atoms with Crippen molar-refractivity contribution >= 4 is 52.2 Å². The zero-order valence-corrected chi connectivity index (χ0v) is 16.4. The normalized spacial score (nSPS) is 10.6. The van der Waals surface area contributed by atoms with Crippen molar-refractivity contribution in [1.82, 2.24) is 15.1 Å². The Kier molecular flexibility index (Phi) is 6.49. The molecule has 0 bridgehead atoms. The molecule has 0 radical (unpaired) electrons. The number of hydrogen-bond acceptors (Lipinski definition) is 4. The van der Waals surface area contributed by atoms with E-state index < -0.39 is 0 Å². The fourth-order valence-corrected chi connectivity index (χ4v) is 3.41. The smallest absolute Gasteiger partial charge is 0.261 e. The number of anilines is 1. The molecule has 0 aliphatic heterocycles. The summed E-state index contributed by atoms with van der Waals surface area (Å²) >= 11 is 13.6. The van der Waals surface area contributed by atoms with Crippen molar-refractivity contribution in [3.63, 3.8) is 0 Å². The lowest BCUT2D eigenvalue weighted by molar-refractivity contribution is -0.116. The Morgan fingerprint density at radius 2 is 2.00 bits per heavy atom. The first kappa shape index (κ1) is 19.4. The molecule has 0 atom stereocenters. The Morgan fingerprint density at radius 1 is 1.15 bits per heavy atom. The zero-order valence-electron chi connectivity index (χ0n) is 14.1. The number of carbonyl (C=O) groups excluding carboxylic acids is 2. The van der Waals surface area contributed by atoms with Crippen molar-refractivity contribution in [3.05, 3.63) is 68.5 Å². The number of nitrogens with one attached hydrogen (secondary N) is 2. The molecule has 0 saturated heterocycles. The summed E-state index contributed by atoms with van der Waals surface area (Å²) in [5, 5.41) is 12.5. The minimum absolute atomic E-state index is 0.153. The molecular weight excluding hydrogens is 407 g/mol. The van der Waals surface area contributed by atoms with Gasteiger partial charge in [0.25, 0.3) is 5.91 Å². The second-order valence-corrected chi connectivity index (χ2v) is 7.35. The fourth-order valence-electron chi connectivity index (χ4n) is 2.39. The summed E-state index contributed by atoms with van der Waals surface area (Å²) in [6.45, 7) is 0.619. The van der Waals surface area contributed by atoms with Crippen molar-refractivity contribution in [1.29, 1.82) is 0 Å². The van der Waals surface area contributed by atoms with E-state index in [-0.39, 0.29) is 24.8 Å². The molecule has 2 aromatic heterocycles.